The number of carboxylic acid groups (broad SMARTS) is 1. The molecule has 212 valence electrons. The number of nitrogens with zero attached hydrogens (tertiary/aromatic N) is 5. The summed E-state index contributed by atoms with van der Waals surface area (Å²) in [5, 5.41) is 17.6. The Bertz CT molecular complexity index is 1550. The van der Waals surface area contributed by atoms with Gasteiger partial charge in [0.2, 0.25) is 0 Å². The molecular formula is C25H27ClFN7O6. The van der Waals surface area contributed by atoms with Crippen LogP contribution in [0, 0.1) is 5.82 Å². The third-order valence-electron chi connectivity index (χ3n) is 6.60. The number of halogens is 2. The van der Waals surface area contributed by atoms with E-state index in [1.54, 1.807) is 17.1 Å². The molecule has 0 spiro atoms. The molecule has 15 heteroatoms. The molecule has 3 aromatic heterocycles. The summed E-state index contributed by atoms with van der Waals surface area (Å²) in [7, 11) is 0. The van der Waals surface area contributed by atoms with Crippen LogP contribution in [0.1, 0.15) is 17.3 Å². The molecule has 0 radical (unpaired) electrons. The Labute approximate surface area is 233 Å². The molecule has 1 unspecified atom stereocenters. The second-order valence-electron chi connectivity index (χ2n) is 9.10. The number of aromatic nitrogens is 4. The van der Waals surface area contributed by atoms with E-state index in [1.807, 2.05) is 0 Å². The maximum Gasteiger partial charge on any atom is 0.505 e. The van der Waals surface area contributed by atoms with Gasteiger partial charge >= 0.3 is 6.16 Å². The predicted molar refractivity (Wildman–Crippen MR) is 145 cm³/mol. The fourth-order valence-corrected chi connectivity index (χ4v) is 4.65. The summed E-state index contributed by atoms with van der Waals surface area (Å²) in [5.41, 5.74) is 13.7. The van der Waals surface area contributed by atoms with E-state index in [0.717, 1.165) is 6.07 Å². The fraction of sp³-hybridized carbons (Fsp3) is 0.320. The van der Waals surface area contributed by atoms with Crippen LogP contribution in [0.2, 0.25) is 0 Å². The van der Waals surface area contributed by atoms with Gasteiger partial charge < -0.3 is 30.6 Å². The van der Waals surface area contributed by atoms with Crippen molar-refractivity contribution in [2.45, 2.75) is 19.5 Å². The molecule has 40 heavy (non-hydrogen) atoms. The smallest absolute Gasteiger partial charge is 0.450 e. The number of carbonyl (C=O) groups excluding carboxylic acids is 1. The van der Waals surface area contributed by atoms with Crippen LogP contribution in [0.5, 0.6) is 0 Å². The van der Waals surface area contributed by atoms with E-state index in [4.69, 9.17) is 30.6 Å². The lowest BCUT2D eigenvalue weighted by molar-refractivity contribution is -0.0106. The third-order valence-corrected chi connectivity index (χ3v) is 6.60. The molecule has 4 heterocycles. The summed E-state index contributed by atoms with van der Waals surface area (Å²) in [4.78, 5) is 29.6. The number of pyridine rings is 1. The van der Waals surface area contributed by atoms with E-state index in [2.05, 4.69) is 20.1 Å². The van der Waals surface area contributed by atoms with Crippen molar-refractivity contribution < 1.29 is 33.1 Å². The number of hydrogen-bond donors (Lipinski definition) is 3. The van der Waals surface area contributed by atoms with E-state index in [-0.39, 0.29) is 70.1 Å². The average Bonchev–Trinajstić information content (AvgIpc) is 3.53. The topological polar surface area (TPSA) is 185 Å². The van der Waals surface area contributed by atoms with Gasteiger partial charge in [-0.3, -0.25) is 19.4 Å². The monoisotopic (exact) mass is 575 g/mol. The highest BCUT2D eigenvalue weighted by molar-refractivity contribution is 6.06. The van der Waals surface area contributed by atoms with Crippen LogP contribution in [-0.4, -0.2) is 80.8 Å². The van der Waals surface area contributed by atoms with Gasteiger partial charge in [0.15, 0.2) is 17.2 Å². The first-order valence-corrected chi connectivity index (χ1v) is 12.1. The van der Waals surface area contributed by atoms with Crippen molar-refractivity contribution in [2.75, 3.05) is 44.4 Å². The molecule has 5 rings (SSSR count). The third kappa shape index (κ3) is 5.68. The number of ketones is 1. The number of rotatable bonds is 8. The lowest BCUT2D eigenvalue weighted by atomic mass is 9.99. The minimum atomic E-state index is -1.35. The number of morpholine rings is 1. The molecule has 1 aliphatic heterocycles. The number of anilines is 2. The molecular weight excluding hydrogens is 549 g/mol. The number of nitrogens with two attached hydrogens (primary N) is 2. The van der Waals surface area contributed by atoms with Gasteiger partial charge in [-0.25, -0.2) is 9.18 Å². The minimum Gasteiger partial charge on any atom is -0.450 e. The Morgan fingerprint density at radius 2 is 1.95 bits per heavy atom. The second-order valence-corrected chi connectivity index (χ2v) is 9.10. The zero-order valence-corrected chi connectivity index (χ0v) is 22.2. The quantitative estimate of drug-likeness (QED) is 0.159. The van der Waals surface area contributed by atoms with Crippen molar-refractivity contribution >= 4 is 46.8 Å². The summed E-state index contributed by atoms with van der Waals surface area (Å²) in [6.45, 7) is 4.02. The second kappa shape index (κ2) is 11.9. The SMILES string of the molecule is CC(=O)c1cc(-c2ncc(-c3cnn(CC(COC(=O)O)N4CCOCC4)c3)c3onc(N)c23)c(F)cc1N.Cl. The highest BCUT2D eigenvalue weighted by Gasteiger charge is 2.25. The van der Waals surface area contributed by atoms with Crippen molar-refractivity contribution in [3.8, 4) is 22.4 Å². The first kappa shape index (κ1) is 28.7. The van der Waals surface area contributed by atoms with E-state index >= 15 is 0 Å². The van der Waals surface area contributed by atoms with Gasteiger partial charge in [0.25, 0.3) is 0 Å². The molecule has 5 N–H and O–H groups in total. The number of ether oxygens (including phenoxy) is 2. The Morgan fingerprint density at radius 3 is 2.65 bits per heavy atom. The maximum absolute atomic E-state index is 15.0. The highest BCUT2D eigenvalue weighted by Crippen LogP contribution is 2.38. The highest BCUT2D eigenvalue weighted by atomic mass is 35.5. The van der Waals surface area contributed by atoms with Crippen LogP contribution in [0.4, 0.5) is 20.7 Å². The number of fused-ring (bicyclic) bond motifs is 1. The first-order valence-electron chi connectivity index (χ1n) is 12.1. The van der Waals surface area contributed by atoms with E-state index in [1.165, 1.54) is 19.2 Å². The number of nitrogen functional groups attached to an aromatic ring is 2. The normalized spacial score (nSPS) is 14.6. The van der Waals surface area contributed by atoms with Crippen LogP contribution < -0.4 is 11.5 Å². The zero-order chi connectivity index (χ0) is 27.7. The van der Waals surface area contributed by atoms with E-state index in [9.17, 15) is 14.0 Å². The molecule has 1 aromatic carbocycles. The maximum atomic E-state index is 15.0. The molecule has 0 aliphatic carbocycles. The van der Waals surface area contributed by atoms with Crippen LogP contribution in [-0.2, 0) is 16.0 Å². The Balaban J connectivity index is 0.00000370. The Morgan fingerprint density at radius 1 is 1.20 bits per heavy atom. The van der Waals surface area contributed by atoms with Crippen molar-refractivity contribution in [1.82, 2.24) is 24.8 Å². The van der Waals surface area contributed by atoms with Crippen LogP contribution in [0.15, 0.2) is 35.2 Å². The van der Waals surface area contributed by atoms with Crippen molar-refractivity contribution in [2.24, 2.45) is 0 Å². The number of hydrogen-bond acceptors (Lipinski definition) is 11. The molecule has 1 aliphatic rings. The molecule has 1 atom stereocenters. The van der Waals surface area contributed by atoms with Gasteiger partial charge in [0.1, 0.15) is 12.4 Å². The van der Waals surface area contributed by atoms with Crippen LogP contribution in [0.25, 0.3) is 33.4 Å². The summed E-state index contributed by atoms with van der Waals surface area (Å²) >= 11 is 0. The first-order chi connectivity index (χ1) is 18.7. The zero-order valence-electron chi connectivity index (χ0n) is 21.4. The largest absolute Gasteiger partial charge is 0.505 e. The van der Waals surface area contributed by atoms with Gasteiger partial charge in [-0.1, -0.05) is 5.16 Å². The van der Waals surface area contributed by atoms with Gasteiger partial charge in [0, 0.05) is 53.4 Å². The summed E-state index contributed by atoms with van der Waals surface area (Å²) in [6.07, 6.45) is 3.49. The van der Waals surface area contributed by atoms with E-state index in [0.29, 0.717) is 44.0 Å². The summed E-state index contributed by atoms with van der Waals surface area (Å²) in [6, 6.07) is 2.15. The standard InChI is InChI=1S/C25H26FN7O6.ClH/c1-13(34)16-6-17(19(26)7-20(16)27)22-21-23(39-31-24(21)28)18(9-29-22)14-8-30-33(10-14)11-15(12-38-25(35)36)32-2-4-37-5-3-32;/h6-10,15H,2-5,11-12,27H2,1H3,(H2,28,31)(H,35,36);1H. The Hall–Kier alpha value is -4.27. The fourth-order valence-electron chi connectivity index (χ4n) is 4.65. The van der Waals surface area contributed by atoms with Crippen LogP contribution in [0.3, 0.4) is 0 Å². The predicted octanol–water partition coefficient (Wildman–Crippen LogP) is 3.08. The van der Waals surface area contributed by atoms with Crippen LogP contribution >= 0.6 is 12.4 Å². The molecule has 1 fully saturated rings. The van der Waals surface area contributed by atoms with Crippen molar-refractivity contribution in [3.05, 3.63) is 42.1 Å². The summed E-state index contributed by atoms with van der Waals surface area (Å²) < 4.78 is 32.4. The van der Waals surface area contributed by atoms with Crippen molar-refractivity contribution in [3.63, 3.8) is 0 Å². The number of carbonyl (C=O) groups is 2. The number of Topliss-reactive ketones (excluding diaryl/α,β-unsaturated/α-hetero) is 1. The van der Waals surface area contributed by atoms with Gasteiger partial charge in [-0.2, -0.15) is 5.10 Å². The molecule has 13 nitrogen and oxygen atoms in total. The Kier molecular flexibility index (Phi) is 8.52. The molecule has 0 amide bonds. The van der Waals surface area contributed by atoms with Crippen molar-refractivity contribution in [1.29, 1.82) is 0 Å². The van der Waals surface area contributed by atoms with E-state index < -0.39 is 12.0 Å². The molecule has 0 bridgehead atoms. The van der Waals surface area contributed by atoms with Gasteiger partial charge in [0.05, 0.1) is 43.1 Å². The van der Waals surface area contributed by atoms with Gasteiger partial charge in [-0.15, -0.1) is 12.4 Å². The molecule has 4 aromatic rings. The average molecular weight is 576 g/mol. The molecule has 0 saturated carbocycles. The lowest BCUT2D eigenvalue weighted by Crippen LogP contribution is -2.48. The summed E-state index contributed by atoms with van der Waals surface area (Å²) in [5.74, 6) is -0.998. The number of benzene rings is 1. The molecule has 1 saturated heterocycles. The van der Waals surface area contributed by atoms with Gasteiger partial charge in [-0.05, 0) is 19.1 Å². The lowest BCUT2D eigenvalue weighted by Gasteiger charge is -2.33. The minimum absolute atomic E-state index is 0.